The average Bonchev–Trinajstić information content (AvgIpc) is 2.76. The van der Waals surface area contributed by atoms with Gasteiger partial charge in [0.25, 0.3) is 0 Å². The molecule has 5 nitrogen and oxygen atoms in total. The number of pyridine rings is 1. The second-order valence-electron chi connectivity index (χ2n) is 4.52. The lowest BCUT2D eigenvalue weighted by Crippen LogP contribution is -2.11. The lowest BCUT2D eigenvalue weighted by molar-refractivity contribution is 0.0722. The molecule has 1 aromatic carbocycles. The van der Waals surface area contributed by atoms with E-state index in [-0.39, 0.29) is 0 Å². The Morgan fingerprint density at radius 3 is 2.80 bits per heavy atom. The Kier molecular flexibility index (Phi) is 2.95. The van der Waals surface area contributed by atoms with Crippen LogP contribution < -0.4 is 4.74 Å². The van der Waals surface area contributed by atoms with Crippen LogP contribution in [0.2, 0.25) is 0 Å². The monoisotopic (exact) mass is 267 g/mol. The molecule has 0 aliphatic carbocycles. The zero-order chi connectivity index (χ0) is 14.1. The Balaban J connectivity index is 1.99. The maximum Gasteiger partial charge on any atom is 0.347 e. The van der Waals surface area contributed by atoms with E-state index in [1.165, 1.54) is 4.68 Å². The second-order valence-corrected chi connectivity index (χ2v) is 4.52. The molecule has 0 aliphatic heterocycles. The van der Waals surface area contributed by atoms with Gasteiger partial charge in [0.15, 0.2) is 0 Å². The van der Waals surface area contributed by atoms with Gasteiger partial charge in [-0.15, -0.1) is 0 Å². The number of carbonyl (C=O) groups excluding carboxylic acids is 1. The van der Waals surface area contributed by atoms with Crippen LogP contribution in [0.4, 0.5) is 0 Å². The Morgan fingerprint density at radius 1 is 1.25 bits per heavy atom. The van der Waals surface area contributed by atoms with Gasteiger partial charge >= 0.3 is 5.97 Å². The largest absolute Gasteiger partial charge is 0.404 e. The molecule has 0 spiro atoms. The molecule has 2 aromatic heterocycles. The minimum Gasteiger partial charge on any atom is -0.404 e. The molecule has 0 saturated heterocycles. The van der Waals surface area contributed by atoms with Crippen molar-refractivity contribution in [2.24, 2.45) is 7.05 Å². The summed E-state index contributed by atoms with van der Waals surface area (Å²) in [7, 11) is 1.73. The van der Waals surface area contributed by atoms with E-state index in [0.717, 1.165) is 11.1 Å². The minimum absolute atomic E-state index is 0.417. The Labute approximate surface area is 115 Å². The number of aryl methyl sites for hydroxylation is 2. The minimum atomic E-state index is -0.433. The number of hydrogen-bond acceptors (Lipinski definition) is 4. The van der Waals surface area contributed by atoms with Crippen molar-refractivity contribution in [2.45, 2.75) is 6.92 Å². The van der Waals surface area contributed by atoms with E-state index in [9.17, 15) is 4.79 Å². The molecule has 0 aliphatic rings. The predicted molar refractivity (Wildman–Crippen MR) is 74.6 cm³/mol. The molecule has 100 valence electrons. The number of ether oxygens (including phenoxy) is 1. The van der Waals surface area contributed by atoms with Crippen LogP contribution in [-0.4, -0.2) is 20.7 Å². The van der Waals surface area contributed by atoms with Gasteiger partial charge in [-0.05, 0) is 19.1 Å². The topological polar surface area (TPSA) is 57.0 Å². The molecule has 0 bridgehead atoms. The number of aromatic nitrogens is 3. The first-order valence-corrected chi connectivity index (χ1v) is 6.22. The molecule has 2 heterocycles. The number of esters is 1. The Hall–Kier alpha value is -2.69. The van der Waals surface area contributed by atoms with Crippen LogP contribution in [0.25, 0.3) is 10.9 Å². The highest BCUT2D eigenvalue weighted by Gasteiger charge is 2.15. The maximum absolute atomic E-state index is 12.3. The number of rotatable bonds is 2. The Bertz CT molecular complexity index is 787. The molecule has 0 N–H and O–H groups in total. The summed E-state index contributed by atoms with van der Waals surface area (Å²) in [5.74, 6) is -0.0160. The summed E-state index contributed by atoms with van der Waals surface area (Å²) in [4.78, 5) is 16.5. The zero-order valence-corrected chi connectivity index (χ0v) is 11.2. The summed E-state index contributed by atoms with van der Waals surface area (Å²) in [5, 5.41) is 5.05. The molecule has 0 unspecified atom stereocenters. The Morgan fingerprint density at radius 2 is 2.05 bits per heavy atom. The van der Waals surface area contributed by atoms with Crippen molar-refractivity contribution in [3.05, 3.63) is 53.9 Å². The molecule has 3 rings (SSSR count). The number of para-hydroxylation sites is 1. The first-order chi connectivity index (χ1) is 9.65. The van der Waals surface area contributed by atoms with E-state index < -0.39 is 5.97 Å². The van der Waals surface area contributed by atoms with Gasteiger partial charge < -0.3 is 4.74 Å². The second kappa shape index (κ2) is 4.77. The van der Waals surface area contributed by atoms with Gasteiger partial charge in [-0.2, -0.15) is 5.10 Å². The normalized spacial score (nSPS) is 10.7. The summed E-state index contributed by atoms with van der Waals surface area (Å²) in [6, 6.07) is 10.9. The van der Waals surface area contributed by atoms with E-state index >= 15 is 0 Å². The molecule has 5 heteroatoms. The van der Waals surface area contributed by atoms with E-state index in [1.54, 1.807) is 25.4 Å². The third kappa shape index (κ3) is 2.14. The zero-order valence-electron chi connectivity index (χ0n) is 11.2. The highest BCUT2D eigenvalue weighted by molar-refractivity contribution is 6.03. The fraction of sp³-hybridized carbons (Fsp3) is 0.133. The number of carbonyl (C=O) groups is 1. The first kappa shape index (κ1) is 12.3. The van der Waals surface area contributed by atoms with Gasteiger partial charge in [0.1, 0.15) is 0 Å². The molecule has 0 saturated carbocycles. The molecule has 3 aromatic rings. The molecule has 20 heavy (non-hydrogen) atoms. The van der Waals surface area contributed by atoms with Crippen molar-refractivity contribution in [3.8, 4) is 5.88 Å². The summed E-state index contributed by atoms with van der Waals surface area (Å²) in [6.07, 6.45) is 1.66. The van der Waals surface area contributed by atoms with Crippen LogP contribution in [0.1, 0.15) is 16.1 Å². The molecule has 0 atom stereocenters. The third-order valence-corrected chi connectivity index (χ3v) is 3.01. The summed E-state index contributed by atoms with van der Waals surface area (Å²) in [5.41, 5.74) is 1.88. The number of fused-ring (bicyclic) bond motifs is 1. The van der Waals surface area contributed by atoms with E-state index in [1.807, 2.05) is 31.2 Å². The van der Waals surface area contributed by atoms with Gasteiger partial charge in [-0.1, -0.05) is 18.2 Å². The maximum atomic E-state index is 12.3. The predicted octanol–water partition coefficient (Wildman–Crippen LogP) is 2.50. The molecule has 0 radical (unpaired) electrons. The summed E-state index contributed by atoms with van der Waals surface area (Å²) >= 11 is 0. The fourth-order valence-electron chi connectivity index (χ4n) is 2.10. The molecule has 0 fully saturated rings. The van der Waals surface area contributed by atoms with Crippen LogP contribution in [0.15, 0.2) is 42.6 Å². The van der Waals surface area contributed by atoms with Crippen molar-refractivity contribution < 1.29 is 9.53 Å². The third-order valence-electron chi connectivity index (χ3n) is 3.01. The quantitative estimate of drug-likeness (QED) is 0.669. The molecular formula is C15H13N3O2. The first-order valence-electron chi connectivity index (χ1n) is 6.22. The smallest absolute Gasteiger partial charge is 0.347 e. The van der Waals surface area contributed by atoms with Gasteiger partial charge in [-0.3, -0.25) is 4.98 Å². The van der Waals surface area contributed by atoms with Crippen molar-refractivity contribution >= 4 is 16.9 Å². The van der Waals surface area contributed by atoms with E-state index in [2.05, 4.69) is 10.1 Å². The van der Waals surface area contributed by atoms with Gasteiger partial charge in [-0.25, -0.2) is 9.48 Å². The van der Waals surface area contributed by atoms with Crippen LogP contribution >= 0.6 is 0 Å². The number of nitrogens with zero attached hydrogens (tertiary/aromatic N) is 3. The summed E-state index contributed by atoms with van der Waals surface area (Å²) < 4.78 is 6.92. The number of hydrogen-bond donors (Lipinski definition) is 0. The highest BCUT2D eigenvalue weighted by atomic mass is 16.5. The highest BCUT2D eigenvalue weighted by Crippen LogP contribution is 2.19. The van der Waals surface area contributed by atoms with Gasteiger partial charge in [0.05, 0.1) is 16.8 Å². The lowest BCUT2D eigenvalue weighted by atomic mass is 10.1. The SMILES string of the molecule is Cc1cc(OC(=O)c2cccc3cccnc23)n(C)n1. The summed E-state index contributed by atoms with van der Waals surface area (Å²) in [6.45, 7) is 1.84. The van der Waals surface area contributed by atoms with E-state index in [0.29, 0.717) is 17.0 Å². The molecule has 0 amide bonds. The van der Waals surface area contributed by atoms with Gasteiger partial charge in [0, 0.05) is 24.7 Å². The van der Waals surface area contributed by atoms with Crippen molar-refractivity contribution in [3.63, 3.8) is 0 Å². The van der Waals surface area contributed by atoms with Crippen LogP contribution in [-0.2, 0) is 7.05 Å². The van der Waals surface area contributed by atoms with Crippen LogP contribution in [0.3, 0.4) is 0 Å². The standard InChI is InChI=1S/C15H13N3O2/c1-10-9-13(18(2)17-10)20-15(19)12-7-3-5-11-6-4-8-16-14(11)12/h3-9H,1-2H3. The van der Waals surface area contributed by atoms with Gasteiger partial charge in [0.2, 0.25) is 5.88 Å². The van der Waals surface area contributed by atoms with Crippen molar-refractivity contribution in [1.29, 1.82) is 0 Å². The van der Waals surface area contributed by atoms with Crippen LogP contribution in [0, 0.1) is 6.92 Å². The molecular weight excluding hydrogens is 254 g/mol. The van der Waals surface area contributed by atoms with Crippen molar-refractivity contribution in [2.75, 3.05) is 0 Å². The lowest BCUT2D eigenvalue weighted by Gasteiger charge is -2.06. The average molecular weight is 267 g/mol. The fourth-order valence-corrected chi connectivity index (χ4v) is 2.10. The van der Waals surface area contributed by atoms with Crippen LogP contribution in [0.5, 0.6) is 5.88 Å². The van der Waals surface area contributed by atoms with Crippen molar-refractivity contribution in [1.82, 2.24) is 14.8 Å². The number of benzene rings is 1. The van der Waals surface area contributed by atoms with E-state index in [4.69, 9.17) is 4.74 Å².